The predicted octanol–water partition coefficient (Wildman–Crippen LogP) is 2.39. The SMILES string of the molecule is CN(C)c1ncc2c(n1)C1(CCCN(Cc3ccc(OCCO)cc3)C1)CC2. The Balaban J connectivity index is 1.48. The van der Waals surface area contributed by atoms with Crippen molar-refractivity contribution in [2.75, 3.05) is 45.3 Å². The minimum absolute atomic E-state index is 0.0399. The lowest BCUT2D eigenvalue weighted by Crippen LogP contribution is -2.45. The summed E-state index contributed by atoms with van der Waals surface area (Å²) in [5.41, 5.74) is 4.08. The number of nitrogens with zero attached hydrogens (tertiary/aromatic N) is 4. The van der Waals surface area contributed by atoms with Crippen molar-refractivity contribution in [1.29, 1.82) is 0 Å². The largest absolute Gasteiger partial charge is 0.491 e. The fourth-order valence-corrected chi connectivity index (χ4v) is 4.62. The molecule has 2 aromatic rings. The van der Waals surface area contributed by atoms with Crippen LogP contribution >= 0.6 is 0 Å². The molecule has 6 heteroatoms. The number of likely N-dealkylation sites (tertiary alicyclic amines) is 1. The third kappa shape index (κ3) is 3.84. The first kappa shape index (κ1) is 19.2. The van der Waals surface area contributed by atoms with Crippen LogP contribution in [-0.2, 0) is 18.4 Å². The van der Waals surface area contributed by atoms with Crippen molar-refractivity contribution < 1.29 is 9.84 Å². The molecular weight excluding hydrogens is 352 g/mol. The maximum atomic E-state index is 8.87. The molecule has 6 nitrogen and oxygen atoms in total. The summed E-state index contributed by atoms with van der Waals surface area (Å²) in [7, 11) is 4.01. The number of hydrogen-bond donors (Lipinski definition) is 1. The molecule has 1 fully saturated rings. The molecule has 2 heterocycles. The number of piperidine rings is 1. The standard InChI is InChI=1S/C22H30N4O2/c1-25(2)21-23-14-18-8-10-22(20(18)24-21)9-3-11-26(16-22)15-17-4-6-19(7-5-17)28-13-12-27/h4-7,14,27H,3,8-13,15-16H2,1-2H3. The molecule has 28 heavy (non-hydrogen) atoms. The molecular formula is C22H30N4O2. The Kier molecular flexibility index (Phi) is 5.51. The Bertz CT molecular complexity index is 805. The van der Waals surface area contributed by atoms with E-state index in [9.17, 15) is 0 Å². The minimum atomic E-state index is 0.0399. The van der Waals surface area contributed by atoms with Gasteiger partial charge in [0.05, 0.1) is 12.3 Å². The summed E-state index contributed by atoms with van der Waals surface area (Å²) in [4.78, 5) is 14.0. The highest BCUT2D eigenvalue weighted by Crippen LogP contribution is 2.44. The number of ether oxygens (including phenoxy) is 1. The van der Waals surface area contributed by atoms with Crippen LogP contribution in [0.1, 0.15) is 36.1 Å². The summed E-state index contributed by atoms with van der Waals surface area (Å²) in [6.45, 7) is 3.52. The van der Waals surface area contributed by atoms with Crippen LogP contribution in [0.15, 0.2) is 30.5 Å². The molecule has 1 aliphatic carbocycles. The van der Waals surface area contributed by atoms with Gasteiger partial charge in [0.15, 0.2) is 0 Å². The van der Waals surface area contributed by atoms with Crippen molar-refractivity contribution in [3.05, 3.63) is 47.3 Å². The molecule has 0 bridgehead atoms. The number of anilines is 1. The third-order valence-electron chi connectivity index (χ3n) is 5.97. The van der Waals surface area contributed by atoms with E-state index in [4.69, 9.17) is 14.8 Å². The lowest BCUT2D eigenvalue weighted by atomic mass is 9.77. The summed E-state index contributed by atoms with van der Waals surface area (Å²) in [6, 6.07) is 8.24. The maximum absolute atomic E-state index is 8.87. The molecule has 0 saturated carbocycles. The van der Waals surface area contributed by atoms with E-state index in [2.05, 4.69) is 22.0 Å². The van der Waals surface area contributed by atoms with Crippen LogP contribution in [-0.4, -0.2) is 60.4 Å². The van der Waals surface area contributed by atoms with Gasteiger partial charge < -0.3 is 14.7 Å². The van der Waals surface area contributed by atoms with Crippen molar-refractivity contribution >= 4 is 5.95 Å². The smallest absolute Gasteiger partial charge is 0.225 e. The van der Waals surface area contributed by atoms with E-state index in [0.29, 0.717) is 6.61 Å². The Morgan fingerprint density at radius 1 is 1.21 bits per heavy atom. The zero-order chi connectivity index (χ0) is 19.6. The number of rotatable bonds is 6. The van der Waals surface area contributed by atoms with Gasteiger partial charge >= 0.3 is 0 Å². The van der Waals surface area contributed by atoms with Crippen LogP contribution in [0, 0.1) is 0 Å². The summed E-state index contributed by atoms with van der Waals surface area (Å²) in [5, 5.41) is 8.87. The van der Waals surface area contributed by atoms with Gasteiger partial charge in [-0.15, -0.1) is 0 Å². The lowest BCUT2D eigenvalue weighted by molar-refractivity contribution is 0.136. The van der Waals surface area contributed by atoms with Crippen molar-refractivity contribution in [1.82, 2.24) is 14.9 Å². The average Bonchev–Trinajstić information content (AvgIpc) is 3.04. The van der Waals surface area contributed by atoms with Gasteiger partial charge in [0.1, 0.15) is 12.4 Å². The predicted molar refractivity (Wildman–Crippen MR) is 110 cm³/mol. The van der Waals surface area contributed by atoms with Crippen LogP contribution in [0.4, 0.5) is 5.95 Å². The van der Waals surface area contributed by atoms with Crippen LogP contribution in [0.3, 0.4) is 0 Å². The van der Waals surface area contributed by atoms with Gasteiger partial charge in [-0.2, -0.15) is 0 Å². The maximum Gasteiger partial charge on any atom is 0.225 e. The normalized spacial score (nSPS) is 21.7. The number of aromatic nitrogens is 2. The number of benzene rings is 1. The fraction of sp³-hybridized carbons (Fsp3) is 0.545. The Morgan fingerprint density at radius 3 is 2.79 bits per heavy atom. The van der Waals surface area contributed by atoms with Gasteiger partial charge in [0.25, 0.3) is 0 Å². The summed E-state index contributed by atoms with van der Waals surface area (Å²) in [5.74, 6) is 1.63. The first-order chi connectivity index (χ1) is 13.6. The van der Waals surface area contributed by atoms with Gasteiger partial charge in [-0.05, 0) is 55.5 Å². The third-order valence-corrected chi connectivity index (χ3v) is 5.97. The van der Waals surface area contributed by atoms with E-state index in [1.54, 1.807) is 0 Å². The number of fused-ring (bicyclic) bond motifs is 2. The quantitative estimate of drug-likeness (QED) is 0.828. The average molecular weight is 383 g/mol. The van der Waals surface area contributed by atoms with Crippen LogP contribution in [0.5, 0.6) is 5.75 Å². The molecule has 0 amide bonds. The van der Waals surface area contributed by atoms with Crippen LogP contribution in [0.25, 0.3) is 0 Å². The van der Waals surface area contributed by atoms with Crippen molar-refractivity contribution in [3.8, 4) is 5.75 Å². The minimum Gasteiger partial charge on any atom is -0.491 e. The zero-order valence-electron chi connectivity index (χ0n) is 16.9. The summed E-state index contributed by atoms with van der Waals surface area (Å²) in [6.07, 6.45) is 6.73. The van der Waals surface area contributed by atoms with Crippen LogP contribution < -0.4 is 9.64 Å². The monoisotopic (exact) mass is 382 g/mol. The van der Waals surface area contributed by atoms with Gasteiger partial charge in [-0.1, -0.05) is 12.1 Å². The van der Waals surface area contributed by atoms with Crippen molar-refractivity contribution in [3.63, 3.8) is 0 Å². The molecule has 1 spiro atoms. The van der Waals surface area contributed by atoms with E-state index < -0.39 is 0 Å². The summed E-state index contributed by atoms with van der Waals surface area (Å²) < 4.78 is 5.46. The molecule has 1 aromatic heterocycles. The highest BCUT2D eigenvalue weighted by molar-refractivity contribution is 5.39. The van der Waals surface area contributed by atoms with E-state index >= 15 is 0 Å². The molecule has 0 radical (unpaired) electrons. The molecule has 1 N–H and O–H groups in total. The Labute approximate surface area is 167 Å². The summed E-state index contributed by atoms with van der Waals surface area (Å²) >= 11 is 0. The topological polar surface area (TPSA) is 61.7 Å². The highest BCUT2D eigenvalue weighted by Gasteiger charge is 2.43. The molecule has 1 unspecified atom stereocenters. The number of aryl methyl sites for hydroxylation is 1. The van der Waals surface area contributed by atoms with E-state index in [1.165, 1.54) is 36.1 Å². The second kappa shape index (κ2) is 8.05. The number of hydrogen-bond acceptors (Lipinski definition) is 6. The van der Waals surface area contributed by atoms with Gasteiger partial charge in [0.2, 0.25) is 5.95 Å². The lowest BCUT2D eigenvalue weighted by Gasteiger charge is -2.40. The molecule has 2 aliphatic rings. The van der Waals surface area contributed by atoms with Gasteiger partial charge in [-0.25, -0.2) is 9.97 Å². The molecule has 4 rings (SSSR count). The van der Waals surface area contributed by atoms with Crippen LogP contribution in [0.2, 0.25) is 0 Å². The molecule has 1 aromatic carbocycles. The molecule has 1 aliphatic heterocycles. The van der Waals surface area contributed by atoms with E-state index in [-0.39, 0.29) is 12.0 Å². The number of aliphatic hydroxyl groups is 1. The van der Waals surface area contributed by atoms with Gasteiger partial charge in [-0.3, -0.25) is 4.90 Å². The molecule has 1 atom stereocenters. The highest BCUT2D eigenvalue weighted by atomic mass is 16.5. The Morgan fingerprint density at radius 2 is 2.04 bits per heavy atom. The fourth-order valence-electron chi connectivity index (χ4n) is 4.62. The first-order valence-electron chi connectivity index (χ1n) is 10.2. The van der Waals surface area contributed by atoms with E-state index in [0.717, 1.165) is 37.8 Å². The Hall–Kier alpha value is -2.18. The number of aliphatic hydroxyl groups excluding tert-OH is 1. The first-order valence-corrected chi connectivity index (χ1v) is 10.2. The van der Waals surface area contributed by atoms with Crippen molar-refractivity contribution in [2.24, 2.45) is 0 Å². The van der Waals surface area contributed by atoms with Crippen molar-refractivity contribution in [2.45, 2.75) is 37.6 Å². The van der Waals surface area contributed by atoms with Gasteiger partial charge in [0, 0.05) is 38.8 Å². The molecule has 1 saturated heterocycles. The molecule has 150 valence electrons. The van der Waals surface area contributed by atoms with E-state index in [1.807, 2.05) is 37.3 Å². The second-order valence-electron chi connectivity index (χ2n) is 8.25. The zero-order valence-corrected chi connectivity index (χ0v) is 16.9. The second-order valence-corrected chi connectivity index (χ2v) is 8.25.